The molecule has 6 nitrogen and oxygen atoms in total. The molecule has 1 aliphatic rings. The Kier molecular flexibility index (Phi) is 6.40. The van der Waals surface area contributed by atoms with Gasteiger partial charge in [-0.05, 0) is 49.2 Å². The summed E-state index contributed by atoms with van der Waals surface area (Å²) < 4.78 is 20.2. The van der Waals surface area contributed by atoms with Crippen LogP contribution < -0.4 is 5.32 Å². The first-order chi connectivity index (χ1) is 15.1. The summed E-state index contributed by atoms with van der Waals surface area (Å²) in [4.78, 5) is 25.0. The minimum atomic E-state index is -0.652. The molecule has 2 aromatic carbocycles. The summed E-state index contributed by atoms with van der Waals surface area (Å²) in [6.07, 6.45) is 6.87. The Hall–Kier alpha value is -3.48. The van der Waals surface area contributed by atoms with Crippen LogP contribution in [-0.2, 0) is 9.53 Å². The zero-order valence-electron chi connectivity index (χ0n) is 17.1. The normalized spacial score (nSPS) is 14.2. The Morgan fingerprint density at radius 2 is 1.74 bits per heavy atom. The Bertz CT molecular complexity index is 1040. The summed E-state index contributed by atoms with van der Waals surface area (Å²) in [5.74, 6) is -1.34. The molecule has 0 unspecified atom stereocenters. The largest absolute Gasteiger partial charge is 0.452 e. The monoisotopic (exact) mass is 421 g/mol. The van der Waals surface area contributed by atoms with Crippen LogP contribution in [0.2, 0.25) is 0 Å². The second-order valence-corrected chi connectivity index (χ2v) is 7.66. The van der Waals surface area contributed by atoms with E-state index in [9.17, 15) is 14.0 Å². The summed E-state index contributed by atoms with van der Waals surface area (Å²) >= 11 is 0. The Morgan fingerprint density at radius 3 is 2.45 bits per heavy atom. The number of rotatable bonds is 6. The van der Waals surface area contributed by atoms with Crippen molar-refractivity contribution in [3.8, 4) is 16.9 Å². The maximum Gasteiger partial charge on any atom is 0.342 e. The number of aromatic nitrogens is 2. The molecular formula is C24H24FN3O3. The van der Waals surface area contributed by atoms with Crippen LogP contribution in [0.25, 0.3) is 16.9 Å². The van der Waals surface area contributed by atoms with Gasteiger partial charge >= 0.3 is 5.97 Å². The number of halogens is 1. The number of amides is 1. The van der Waals surface area contributed by atoms with Gasteiger partial charge in [0, 0.05) is 17.8 Å². The third-order valence-electron chi connectivity index (χ3n) is 5.38. The number of benzene rings is 2. The van der Waals surface area contributed by atoms with Crippen LogP contribution in [0, 0.1) is 5.82 Å². The van der Waals surface area contributed by atoms with Gasteiger partial charge < -0.3 is 10.1 Å². The number of ether oxygens (including phenoxy) is 1. The third-order valence-corrected chi connectivity index (χ3v) is 5.38. The highest BCUT2D eigenvalue weighted by Crippen LogP contribution is 2.25. The number of carbonyl (C=O) groups excluding carboxylic acids is 2. The van der Waals surface area contributed by atoms with Crippen molar-refractivity contribution in [1.82, 2.24) is 15.1 Å². The first-order valence-corrected chi connectivity index (χ1v) is 10.5. The van der Waals surface area contributed by atoms with Crippen molar-refractivity contribution in [1.29, 1.82) is 0 Å². The molecule has 3 aromatic rings. The van der Waals surface area contributed by atoms with Crippen LogP contribution >= 0.6 is 0 Å². The second kappa shape index (κ2) is 9.55. The van der Waals surface area contributed by atoms with E-state index in [1.54, 1.807) is 23.0 Å². The lowest BCUT2D eigenvalue weighted by Gasteiger charge is -2.22. The van der Waals surface area contributed by atoms with E-state index < -0.39 is 5.97 Å². The minimum Gasteiger partial charge on any atom is -0.452 e. The van der Waals surface area contributed by atoms with Crippen LogP contribution in [0.5, 0.6) is 0 Å². The van der Waals surface area contributed by atoms with Gasteiger partial charge in [0.15, 0.2) is 6.61 Å². The van der Waals surface area contributed by atoms with E-state index in [1.165, 1.54) is 18.6 Å². The predicted molar refractivity (Wildman–Crippen MR) is 114 cm³/mol. The molecule has 31 heavy (non-hydrogen) atoms. The van der Waals surface area contributed by atoms with Gasteiger partial charge in [-0.25, -0.2) is 13.9 Å². The van der Waals surface area contributed by atoms with Crippen molar-refractivity contribution < 1.29 is 18.7 Å². The molecule has 1 aliphatic carbocycles. The fraction of sp³-hybridized carbons (Fsp3) is 0.292. The molecule has 0 bridgehead atoms. The number of para-hydroxylation sites is 1. The molecule has 160 valence electrons. The average molecular weight is 421 g/mol. The lowest BCUT2D eigenvalue weighted by Crippen LogP contribution is -2.38. The van der Waals surface area contributed by atoms with Gasteiger partial charge in [0.2, 0.25) is 0 Å². The molecule has 0 aliphatic heterocycles. The Labute approximate surface area is 180 Å². The van der Waals surface area contributed by atoms with Crippen molar-refractivity contribution >= 4 is 11.9 Å². The zero-order chi connectivity index (χ0) is 21.6. The first-order valence-electron chi connectivity index (χ1n) is 10.5. The number of carbonyl (C=O) groups is 2. The van der Waals surface area contributed by atoms with Crippen LogP contribution in [-0.4, -0.2) is 34.3 Å². The molecule has 1 aromatic heterocycles. The van der Waals surface area contributed by atoms with Crippen LogP contribution in [0.1, 0.15) is 42.5 Å². The summed E-state index contributed by atoms with van der Waals surface area (Å²) in [6.45, 7) is -0.352. The molecule has 1 saturated carbocycles. The molecule has 0 radical (unpaired) electrons. The van der Waals surface area contributed by atoms with Gasteiger partial charge in [-0.3, -0.25) is 4.79 Å². The topological polar surface area (TPSA) is 73.2 Å². The smallest absolute Gasteiger partial charge is 0.342 e. The summed E-state index contributed by atoms with van der Waals surface area (Å²) in [6, 6.07) is 15.2. The van der Waals surface area contributed by atoms with E-state index in [4.69, 9.17) is 4.74 Å². The molecule has 4 rings (SSSR count). The van der Waals surface area contributed by atoms with Crippen molar-refractivity contribution in [2.45, 2.75) is 38.1 Å². The van der Waals surface area contributed by atoms with E-state index in [2.05, 4.69) is 10.4 Å². The van der Waals surface area contributed by atoms with Crippen LogP contribution in [0.4, 0.5) is 4.39 Å². The number of nitrogens with one attached hydrogen (secondary N) is 1. The van der Waals surface area contributed by atoms with Crippen molar-refractivity contribution in [3.05, 3.63) is 72.2 Å². The maximum atomic E-state index is 13.4. The maximum absolute atomic E-state index is 13.4. The Morgan fingerprint density at radius 1 is 1.03 bits per heavy atom. The van der Waals surface area contributed by atoms with Gasteiger partial charge in [0.05, 0.1) is 5.69 Å². The van der Waals surface area contributed by atoms with E-state index in [0.29, 0.717) is 11.3 Å². The summed E-state index contributed by atoms with van der Waals surface area (Å²) in [5.41, 5.74) is 1.91. The lowest BCUT2D eigenvalue weighted by atomic mass is 9.95. The number of nitrogens with zero attached hydrogens (tertiary/aromatic N) is 2. The predicted octanol–water partition coefficient (Wildman–Crippen LogP) is 4.28. The zero-order valence-corrected chi connectivity index (χ0v) is 17.1. The average Bonchev–Trinajstić information content (AvgIpc) is 3.25. The van der Waals surface area contributed by atoms with Crippen molar-refractivity contribution in [2.75, 3.05) is 6.61 Å². The molecule has 0 spiro atoms. The van der Waals surface area contributed by atoms with Crippen molar-refractivity contribution in [3.63, 3.8) is 0 Å². The number of hydrogen-bond acceptors (Lipinski definition) is 4. The van der Waals surface area contributed by atoms with E-state index in [0.717, 1.165) is 31.4 Å². The molecule has 7 heteroatoms. The molecule has 1 heterocycles. The van der Waals surface area contributed by atoms with Crippen LogP contribution in [0.3, 0.4) is 0 Å². The fourth-order valence-corrected chi connectivity index (χ4v) is 3.78. The highest BCUT2D eigenvalue weighted by molar-refractivity contribution is 5.97. The van der Waals surface area contributed by atoms with E-state index >= 15 is 0 Å². The first kappa shape index (κ1) is 20.8. The molecular weight excluding hydrogens is 397 g/mol. The quantitative estimate of drug-likeness (QED) is 0.603. The van der Waals surface area contributed by atoms with Crippen LogP contribution in [0.15, 0.2) is 60.8 Å². The van der Waals surface area contributed by atoms with Gasteiger partial charge in [-0.15, -0.1) is 0 Å². The molecule has 0 atom stereocenters. The minimum absolute atomic E-state index is 0.149. The van der Waals surface area contributed by atoms with E-state index in [-0.39, 0.29) is 29.9 Å². The highest BCUT2D eigenvalue weighted by atomic mass is 19.1. The van der Waals surface area contributed by atoms with Gasteiger partial charge in [-0.2, -0.15) is 5.10 Å². The van der Waals surface area contributed by atoms with Gasteiger partial charge in [0.25, 0.3) is 5.91 Å². The summed E-state index contributed by atoms with van der Waals surface area (Å²) in [7, 11) is 0. The third kappa shape index (κ3) is 5.17. The number of esters is 1. The second-order valence-electron chi connectivity index (χ2n) is 7.66. The van der Waals surface area contributed by atoms with Crippen molar-refractivity contribution in [2.24, 2.45) is 0 Å². The molecule has 1 amide bonds. The van der Waals surface area contributed by atoms with Gasteiger partial charge in [-0.1, -0.05) is 37.5 Å². The lowest BCUT2D eigenvalue weighted by molar-refractivity contribution is -0.125. The number of hydrogen-bond donors (Lipinski definition) is 1. The highest BCUT2D eigenvalue weighted by Gasteiger charge is 2.22. The molecule has 1 N–H and O–H groups in total. The van der Waals surface area contributed by atoms with Gasteiger partial charge in [0.1, 0.15) is 17.1 Å². The summed E-state index contributed by atoms with van der Waals surface area (Å²) in [5, 5.41) is 7.45. The molecule has 1 fully saturated rings. The molecule has 0 saturated heterocycles. The standard InChI is InChI=1S/C24H24FN3O3/c25-18-13-11-17(12-14-18)23-21(15-28(27-23)20-9-5-2-6-10-20)24(30)31-16-22(29)26-19-7-3-1-4-8-19/h2,5-6,9-15,19H,1,3-4,7-8,16H2,(H,26,29). The fourth-order valence-electron chi connectivity index (χ4n) is 3.78. The van der Waals surface area contributed by atoms with E-state index in [1.807, 2.05) is 30.3 Å². The Balaban J connectivity index is 1.52. The SMILES string of the molecule is O=C(COC(=O)c1cn(-c2ccccc2)nc1-c1ccc(F)cc1)NC1CCCCC1.